The Kier molecular flexibility index (Phi) is 10.5. The first-order valence-electron chi connectivity index (χ1n) is 11.4. The molecular weight excluding hydrogens is 474 g/mol. The Morgan fingerprint density at radius 1 is 1.06 bits per heavy atom. The van der Waals surface area contributed by atoms with E-state index in [1.54, 1.807) is 36.4 Å². The summed E-state index contributed by atoms with van der Waals surface area (Å²) in [6.45, 7) is 5.93. The molecule has 0 aliphatic carbocycles. The van der Waals surface area contributed by atoms with Gasteiger partial charge in [0, 0.05) is 25.2 Å². The van der Waals surface area contributed by atoms with Crippen molar-refractivity contribution in [3.63, 3.8) is 0 Å². The van der Waals surface area contributed by atoms with Gasteiger partial charge < -0.3 is 10.2 Å². The largest absolute Gasteiger partial charge is 0.354 e. The molecule has 0 unspecified atom stereocenters. The van der Waals surface area contributed by atoms with E-state index in [9.17, 15) is 18.0 Å². The van der Waals surface area contributed by atoms with E-state index in [0.717, 1.165) is 22.7 Å². The van der Waals surface area contributed by atoms with E-state index < -0.39 is 28.5 Å². The van der Waals surface area contributed by atoms with Crippen LogP contribution in [0.3, 0.4) is 0 Å². The van der Waals surface area contributed by atoms with Crippen LogP contribution in [-0.4, -0.2) is 55.6 Å². The topological polar surface area (TPSA) is 86.8 Å². The van der Waals surface area contributed by atoms with E-state index in [-0.39, 0.29) is 17.3 Å². The van der Waals surface area contributed by atoms with Crippen LogP contribution in [-0.2, 0) is 26.2 Å². The first-order valence-corrected chi connectivity index (χ1v) is 13.3. The average molecular weight is 508 g/mol. The Labute approximate surface area is 208 Å². The summed E-state index contributed by atoms with van der Waals surface area (Å²) in [4.78, 5) is 27.9. The van der Waals surface area contributed by atoms with Crippen molar-refractivity contribution in [1.82, 2.24) is 14.5 Å². The highest BCUT2D eigenvalue weighted by molar-refractivity contribution is 7.89. The van der Waals surface area contributed by atoms with E-state index in [1.807, 2.05) is 20.8 Å². The molecule has 7 nitrogen and oxygen atoms in total. The first kappa shape index (κ1) is 27.8. The van der Waals surface area contributed by atoms with Gasteiger partial charge in [0.15, 0.2) is 0 Å². The normalized spacial score (nSPS) is 12.4. The van der Waals surface area contributed by atoms with E-state index in [1.165, 1.54) is 24.1 Å². The second-order valence-electron chi connectivity index (χ2n) is 8.26. The number of sulfonamides is 1. The summed E-state index contributed by atoms with van der Waals surface area (Å²) in [5.74, 6) is -0.740. The lowest BCUT2D eigenvalue weighted by Gasteiger charge is -2.32. The number of carbonyl (C=O) groups is 2. The summed E-state index contributed by atoms with van der Waals surface area (Å²) in [7, 11) is -2.51. The van der Waals surface area contributed by atoms with Gasteiger partial charge in [0.25, 0.3) is 0 Å². The van der Waals surface area contributed by atoms with Crippen LogP contribution in [0.4, 0.5) is 0 Å². The maximum absolute atomic E-state index is 13.4. The first-order chi connectivity index (χ1) is 16.1. The Morgan fingerprint density at radius 3 is 2.29 bits per heavy atom. The molecule has 0 aliphatic heterocycles. The van der Waals surface area contributed by atoms with E-state index in [0.29, 0.717) is 23.6 Å². The third-order valence-corrected chi connectivity index (χ3v) is 7.79. The second kappa shape index (κ2) is 12.9. The van der Waals surface area contributed by atoms with E-state index in [2.05, 4.69) is 5.32 Å². The molecular formula is C25H34ClN3O4S. The SMILES string of the molecule is CCCCNC(=O)[C@@H](CC)N(Cc1ccccc1Cl)C(=O)CN(C)S(=O)(=O)c1ccc(C)cc1. The molecule has 1 N–H and O–H groups in total. The number of unbranched alkanes of at least 4 members (excludes halogenated alkanes) is 1. The van der Waals surface area contributed by atoms with Crippen LogP contribution in [0, 0.1) is 6.92 Å². The zero-order chi connectivity index (χ0) is 25.3. The molecule has 2 aromatic rings. The van der Waals surface area contributed by atoms with Gasteiger partial charge in [0.2, 0.25) is 21.8 Å². The smallest absolute Gasteiger partial charge is 0.243 e. The molecule has 0 aromatic heterocycles. The third kappa shape index (κ3) is 7.29. The van der Waals surface area contributed by atoms with Gasteiger partial charge in [0.1, 0.15) is 6.04 Å². The van der Waals surface area contributed by atoms with Crippen molar-refractivity contribution in [2.24, 2.45) is 0 Å². The highest BCUT2D eigenvalue weighted by Gasteiger charge is 2.32. The van der Waals surface area contributed by atoms with Gasteiger partial charge in [-0.3, -0.25) is 9.59 Å². The maximum Gasteiger partial charge on any atom is 0.243 e. The minimum Gasteiger partial charge on any atom is -0.354 e. The molecule has 0 bridgehead atoms. The number of hydrogen-bond acceptors (Lipinski definition) is 4. The predicted molar refractivity (Wildman–Crippen MR) is 135 cm³/mol. The summed E-state index contributed by atoms with van der Waals surface area (Å²) in [5.41, 5.74) is 1.62. The van der Waals surface area contributed by atoms with Crippen molar-refractivity contribution in [3.05, 3.63) is 64.7 Å². The van der Waals surface area contributed by atoms with Crippen molar-refractivity contribution in [2.75, 3.05) is 20.1 Å². The number of likely N-dealkylation sites (N-methyl/N-ethyl adjacent to an activating group) is 1. The van der Waals surface area contributed by atoms with Gasteiger partial charge in [-0.05, 0) is 43.5 Å². The number of aryl methyl sites for hydroxylation is 1. The zero-order valence-corrected chi connectivity index (χ0v) is 21.8. The highest BCUT2D eigenvalue weighted by Crippen LogP contribution is 2.21. The van der Waals surface area contributed by atoms with Gasteiger partial charge in [-0.1, -0.05) is 67.8 Å². The van der Waals surface area contributed by atoms with Crippen LogP contribution in [0.2, 0.25) is 5.02 Å². The van der Waals surface area contributed by atoms with E-state index >= 15 is 0 Å². The number of hydrogen-bond donors (Lipinski definition) is 1. The molecule has 2 rings (SSSR count). The lowest BCUT2D eigenvalue weighted by atomic mass is 10.1. The van der Waals surface area contributed by atoms with Crippen LogP contribution < -0.4 is 5.32 Å². The molecule has 186 valence electrons. The standard InChI is InChI=1S/C25H34ClN3O4S/c1-5-7-16-27-25(31)23(6-2)29(17-20-10-8-9-11-22(20)26)24(30)18-28(4)34(32,33)21-14-12-19(3)13-15-21/h8-15,23H,5-7,16-18H2,1-4H3,(H,27,31)/t23-/m1/s1. The molecule has 0 saturated heterocycles. The van der Waals surface area contributed by atoms with Crippen molar-refractivity contribution in [3.8, 4) is 0 Å². The van der Waals surface area contributed by atoms with Crippen molar-refractivity contribution >= 4 is 33.4 Å². The fourth-order valence-corrected chi connectivity index (χ4v) is 4.81. The van der Waals surface area contributed by atoms with Gasteiger partial charge in [-0.15, -0.1) is 0 Å². The van der Waals surface area contributed by atoms with Crippen molar-refractivity contribution in [1.29, 1.82) is 0 Å². The zero-order valence-electron chi connectivity index (χ0n) is 20.3. The minimum atomic E-state index is -3.88. The molecule has 9 heteroatoms. The molecule has 2 aromatic carbocycles. The molecule has 0 fully saturated rings. The molecule has 0 aliphatic rings. The number of nitrogens with zero attached hydrogens (tertiary/aromatic N) is 2. The quantitative estimate of drug-likeness (QED) is 0.440. The van der Waals surface area contributed by atoms with Gasteiger partial charge in [-0.25, -0.2) is 8.42 Å². The molecule has 0 spiro atoms. The van der Waals surface area contributed by atoms with E-state index in [4.69, 9.17) is 11.6 Å². The average Bonchev–Trinajstić information content (AvgIpc) is 2.80. The number of halogens is 1. The molecule has 0 heterocycles. The Bertz CT molecular complexity index is 1070. The molecule has 1 atom stereocenters. The van der Waals surface area contributed by atoms with Crippen LogP contribution in [0.1, 0.15) is 44.2 Å². The van der Waals surface area contributed by atoms with Gasteiger partial charge in [0.05, 0.1) is 11.4 Å². The Hall–Kier alpha value is -2.42. The van der Waals surface area contributed by atoms with Crippen molar-refractivity contribution in [2.45, 2.75) is 57.5 Å². The number of benzene rings is 2. The third-order valence-electron chi connectivity index (χ3n) is 5.60. The van der Waals surface area contributed by atoms with Crippen LogP contribution in [0.25, 0.3) is 0 Å². The maximum atomic E-state index is 13.4. The summed E-state index contributed by atoms with van der Waals surface area (Å²) < 4.78 is 27.0. The Balaban J connectivity index is 2.30. The Morgan fingerprint density at radius 2 is 1.71 bits per heavy atom. The number of amides is 2. The van der Waals surface area contributed by atoms with Gasteiger partial charge in [-0.2, -0.15) is 4.31 Å². The van der Waals surface area contributed by atoms with Crippen LogP contribution in [0.15, 0.2) is 53.4 Å². The minimum absolute atomic E-state index is 0.0939. The summed E-state index contributed by atoms with van der Waals surface area (Å²) in [5, 5.41) is 3.36. The van der Waals surface area contributed by atoms with Crippen LogP contribution >= 0.6 is 11.6 Å². The molecule has 2 amide bonds. The lowest BCUT2D eigenvalue weighted by Crippen LogP contribution is -2.51. The van der Waals surface area contributed by atoms with Crippen LogP contribution in [0.5, 0.6) is 0 Å². The second-order valence-corrected chi connectivity index (χ2v) is 10.7. The fourth-order valence-electron chi connectivity index (χ4n) is 3.49. The summed E-state index contributed by atoms with van der Waals surface area (Å²) in [6, 6.07) is 12.8. The fraction of sp³-hybridized carbons (Fsp3) is 0.440. The molecule has 0 radical (unpaired) electrons. The number of carbonyl (C=O) groups excluding carboxylic acids is 2. The molecule has 0 saturated carbocycles. The molecule has 34 heavy (non-hydrogen) atoms. The van der Waals surface area contributed by atoms with Crippen molar-refractivity contribution < 1.29 is 18.0 Å². The monoisotopic (exact) mass is 507 g/mol. The van der Waals surface area contributed by atoms with Gasteiger partial charge >= 0.3 is 0 Å². The summed E-state index contributed by atoms with van der Waals surface area (Å²) >= 11 is 6.33. The lowest BCUT2D eigenvalue weighted by molar-refractivity contribution is -0.141. The highest BCUT2D eigenvalue weighted by atomic mass is 35.5. The predicted octanol–water partition coefficient (Wildman–Crippen LogP) is 3.99. The number of rotatable bonds is 12. The number of nitrogens with one attached hydrogen (secondary N) is 1. The summed E-state index contributed by atoms with van der Waals surface area (Å²) in [6.07, 6.45) is 2.14.